The van der Waals surface area contributed by atoms with E-state index in [9.17, 15) is 0 Å². The number of thiazole rings is 1. The van der Waals surface area contributed by atoms with Gasteiger partial charge in [0.05, 0.1) is 18.4 Å². The van der Waals surface area contributed by atoms with Gasteiger partial charge < -0.3 is 10.1 Å². The maximum Gasteiger partial charge on any atom is 0.107 e. The third-order valence-corrected chi connectivity index (χ3v) is 4.59. The van der Waals surface area contributed by atoms with Gasteiger partial charge >= 0.3 is 0 Å². The summed E-state index contributed by atoms with van der Waals surface area (Å²) in [4.78, 5) is 4.65. The number of rotatable bonds is 7. The molecule has 20 heavy (non-hydrogen) atoms. The van der Waals surface area contributed by atoms with E-state index in [0.29, 0.717) is 18.6 Å². The second-order valence-corrected chi connectivity index (χ2v) is 7.12. The Morgan fingerprint density at radius 2 is 2.05 bits per heavy atom. The summed E-state index contributed by atoms with van der Waals surface area (Å²) in [6.45, 7) is 7.06. The molecule has 1 N–H and O–H groups in total. The molecule has 1 fully saturated rings. The largest absolute Gasteiger partial charge is 0.372 e. The second kappa shape index (κ2) is 8.75. The normalized spacial score (nSPS) is 17.6. The summed E-state index contributed by atoms with van der Waals surface area (Å²) in [5, 5.41) is 6.75. The highest BCUT2D eigenvalue weighted by Crippen LogP contribution is 2.21. The van der Waals surface area contributed by atoms with Gasteiger partial charge in [-0.3, -0.25) is 0 Å². The molecule has 1 saturated carbocycles. The maximum atomic E-state index is 6.03. The molecule has 0 saturated heterocycles. The number of hydrogen-bond donors (Lipinski definition) is 1. The van der Waals surface area contributed by atoms with Crippen LogP contribution in [0.15, 0.2) is 5.38 Å². The van der Waals surface area contributed by atoms with Crippen LogP contribution in [-0.2, 0) is 17.9 Å². The zero-order valence-corrected chi connectivity index (χ0v) is 13.7. The lowest BCUT2D eigenvalue weighted by Crippen LogP contribution is -2.18. The molecule has 0 aliphatic heterocycles. The van der Waals surface area contributed by atoms with Gasteiger partial charge in [0.25, 0.3) is 0 Å². The monoisotopic (exact) mass is 296 g/mol. The lowest BCUT2D eigenvalue weighted by Gasteiger charge is -2.14. The molecular formula is C16H28N2OS. The lowest BCUT2D eigenvalue weighted by molar-refractivity contribution is 0.0294. The molecule has 4 heteroatoms. The van der Waals surface area contributed by atoms with E-state index in [0.717, 1.165) is 18.8 Å². The Morgan fingerprint density at radius 3 is 2.75 bits per heavy atom. The van der Waals surface area contributed by atoms with Gasteiger partial charge in [0.2, 0.25) is 0 Å². The van der Waals surface area contributed by atoms with Crippen molar-refractivity contribution >= 4 is 11.3 Å². The van der Waals surface area contributed by atoms with Crippen molar-refractivity contribution in [1.29, 1.82) is 0 Å². The standard InChI is InChI=1S/C16H28N2OS/c1-13(2)9-17-10-16-18-14(12-20-16)11-19-15-7-5-3-4-6-8-15/h12-13,15,17H,3-11H2,1-2H3. The number of nitrogens with one attached hydrogen (secondary N) is 1. The Kier molecular flexibility index (Phi) is 6.97. The van der Waals surface area contributed by atoms with E-state index in [1.807, 2.05) is 0 Å². The van der Waals surface area contributed by atoms with E-state index in [4.69, 9.17) is 4.74 Å². The van der Waals surface area contributed by atoms with Crippen LogP contribution in [0.5, 0.6) is 0 Å². The van der Waals surface area contributed by atoms with Crippen LogP contribution in [0.2, 0.25) is 0 Å². The van der Waals surface area contributed by atoms with Gasteiger partial charge in [-0.25, -0.2) is 4.98 Å². The summed E-state index contributed by atoms with van der Waals surface area (Å²) in [7, 11) is 0. The van der Waals surface area contributed by atoms with Crippen molar-refractivity contribution in [3.8, 4) is 0 Å². The Morgan fingerprint density at radius 1 is 1.30 bits per heavy atom. The minimum atomic E-state index is 0.460. The minimum absolute atomic E-state index is 0.460. The van der Waals surface area contributed by atoms with Crippen LogP contribution in [0.25, 0.3) is 0 Å². The van der Waals surface area contributed by atoms with Gasteiger partial charge in [0.1, 0.15) is 5.01 Å². The predicted molar refractivity (Wildman–Crippen MR) is 84.9 cm³/mol. The van der Waals surface area contributed by atoms with Gasteiger partial charge in [-0.05, 0) is 25.3 Å². The van der Waals surface area contributed by atoms with Crippen LogP contribution >= 0.6 is 11.3 Å². The topological polar surface area (TPSA) is 34.2 Å². The van der Waals surface area contributed by atoms with Gasteiger partial charge in [0, 0.05) is 11.9 Å². The van der Waals surface area contributed by atoms with E-state index in [2.05, 4.69) is 29.5 Å². The summed E-state index contributed by atoms with van der Waals surface area (Å²) in [5.41, 5.74) is 1.10. The molecule has 114 valence electrons. The number of hydrogen-bond acceptors (Lipinski definition) is 4. The van der Waals surface area contributed by atoms with Gasteiger partial charge in [-0.2, -0.15) is 0 Å². The Bertz CT molecular complexity index is 370. The minimum Gasteiger partial charge on any atom is -0.372 e. The van der Waals surface area contributed by atoms with Gasteiger partial charge in [-0.15, -0.1) is 11.3 Å². The Labute approximate surface area is 127 Å². The van der Waals surface area contributed by atoms with Crippen molar-refractivity contribution in [3.63, 3.8) is 0 Å². The first kappa shape index (κ1) is 15.9. The van der Waals surface area contributed by atoms with Gasteiger partial charge in [0.15, 0.2) is 0 Å². The fourth-order valence-electron chi connectivity index (χ4n) is 2.58. The van der Waals surface area contributed by atoms with Crippen LogP contribution in [-0.4, -0.2) is 17.6 Å². The first-order valence-electron chi connectivity index (χ1n) is 7.99. The molecule has 0 aromatic carbocycles. The first-order valence-corrected chi connectivity index (χ1v) is 8.87. The number of ether oxygens (including phenoxy) is 1. The molecule has 0 unspecified atom stereocenters. The zero-order chi connectivity index (χ0) is 14.2. The van der Waals surface area contributed by atoms with Crippen molar-refractivity contribution in [2.75, 3.05) is 6.54 Å². The zero-order valence-electron chi connectivity index (χ0n) is 12.9. The van der Waals surface area contributed by atoms with Crippen LogP contribution in [0.1, 0.15) is 63.1 Å². The highest BCUT2D eigenvalue weighted by Gasteiger charge is 2.13. The molecular weight excluding hydrogens is 268 g/mol. The molecule has 1 heterocycles. The van der Waals surface area contributed by atoms with Crippen molar-refractivity contribution in [1.82, 2.24) is 10.3 Å². The molecule has 0 amide bonds. The molecule has 1 aromatic rings. The molecule has 1 aliphatic rings. The van der Waals surface area contributed by atoms with Crippen molar-refractivity contribution in [2.45, 2.75) is 71.6 Å². The molecule has 0 atom stereocenters. The fourth-order valence-corrected chi connectivity index (χ4v) is 3.32. The highest BCUT2D eigenvalue weighted by molar-refractivity contribution is 7.09. The molecule has 0 bridgehead atoms. The third-order valence-electron chi connectivity index (χ3n) is 3.70. The summed E-state index contributed by atoms with van der Waals surface area (Å²) in [6.07, 6.45) is 8.32. The summed E-state index contributed by atoms with van der Waals surface area (Å²) in [5.74, 6) is 0.688. The van der Waals surface area contributed by atoms with E-state index in [1.54, 1.807) is 11.3 Å². The third kappa shape index (κ3) is 5.90. The fraction of sp³-hybridized carbons (Fsp3) is 0.812. The summed E-state index contributed by atoms with van der Waals surface area (Å²) in [6, 6.07) is 0. The molecule has 2 rings (SSSR count). The highest BCUT2D eigenvalue weighted by atomic mass is 32.1. The van der Waals surface area contributed by atoms with E-state index in [1.165, 1.54) is 43.5 Å². The molecule has 1 aliphatic carbocycles. The van der Waals surface area contributed by atoms with Crippen molar-refractivity contribution < 1.29 is 4.74 Å². The molecule has 0 spiro atoms. The van der Waals surface area contributed by atoms with Crippen molar-refractivity contribution in [3.05, 3.63) is 16.1 Å². The van der Waals surface area contributed by atoms with Gasteiger partial charge in [-0.1, -0.05) is 39.5 Å². The molecule has 1 aromatic heterocycles. The maximum absolute atomic E-state index is 6.03. The summed E-state index contributed by atoms with van der Waals surface area (Å²) >= 11 is 1.74. The number of nitrogens with zero attached hydrogens (tertiary/aromatic N) is 1. The van der Waals surface area contributed by atoms with Crippen LogP contribution in [0.3, 0.4) is 0 Å². The quantitative estimate of drug-likeness (QED) is 0.768. The first-order chi connectivity index (χ1) is 9.74. The van der Waals surface area contributed by atoms with Crippen LogP contribution in [0.4, 0.5) is 0 Å². The van der Waals surface area contributed by atoms with E-state index in [-0.39, 0.29) is 0 Å². The number of aromatic nitrogens is 1. The smallest absolute Gasteiger partial charge is 0.107 e. The lowest BCUT2D eigenvalue weighted by atomic mass is 10.1. The predicted octanol–water partition coefficient (Wildman–Crippen LogP) is 4.13. The van der Waals surface area contributed by atoms with Crippen LogP contribution in [0, 0.1) is 5.92 Å². The second-order valence-electron chi connectivity index (χ2n) is 6.18. The summed E-state index contributed by atoms with van der Waals surface area (Å²) < 4.78 is 6.03. The Hall–Kier alpha value is -0.450. The molecule has 3 nitrogen and oxygen atoms in total. The van der Waals surface area contributed by atoms with Crippen LogP contribution < -0.4 is 5.32 Å². The average Bonchev–Trinajstić information content (AvgIpc) is 2.71. The average molecular weight is 296 g/mol. The van der Waals surface area contributed by atoms with E-state index < -0.39 is 0 Å². The van der Waals surface area contributed by atoms with Crippen molar-refractivity contribution in [2.24, 2.45) is 5.92 Å². The SMILES string of the molecule is CC(C)CNCc1nc(COC2CCCCCC2)cs1. The molecule has 0 radical (unpaired) electrons. The Balaban J connectivity index is 1.69. The van der Waals surface area contributed by atoms with E-state index >= 15 is 0 Å².